The molecule has 1 fully saturated rings. The number of rotatable bonds is 5. The third kappa shape index (κ3) is 4.20. The van der Waals surface area contributed by atoms with E-state index >= 15 is 0 Å². The molecule has 26 heavy (non-hydrogen) atoms. The van der Waals surface area contributed by atoms with E-state index in [2.05, 4.69) is 4.72 Å². The molecule has 9 heteroatoms. The van der Waals surface area contributed by atoms with Crippen LogP contribution in [0.2, 0.25) is 5.02 Å². The molecule has 1 saturated heterocycles. The molecule has 2 aromatic rings. The first-order chi connectivity index (χ1) is 12.3. The van der Waals surface area contributed by atoms with Crippen LogP contribution in [-0.2, 0) is 20.0 Å². The van der Waals surface area contributed by atoms with Gasteiger partial charge >= 0.3 is 0 Å². The SMILES string of the molecule is O=S(=O)(Nc1ccc(S(=O)(=O)N2CCCCC2)cc1)c1cccc(Cl)c1. The smallest absolute Gasteiger partial charge is 0.261 e. The molecule has 1 aliphatic heterocycles. The molecular weight excluding hydrogens is 396 g/mol. The van der Waals surface area contributed by atoms with Crippen molar-refractivity contribution in [2.24, 2.45) is 0 Å². The lowest BCUT2D eigenvalue weighted by molar-refractivity contribution is 0.346. The zero-order valence-corrected chi connectivity index (χ0v) is 16.3. The molecule has 140 valence electrons. The predicted molar refractivity (Wildman–Crippen MR) is 101 cm³/mol. The Morgan fingerprint density at radius 2 is 1.50 bits per heavy atom. The minimum atomic E-state index is -3.80. The van der Waals surface area contributed by atoms with Crippen molar-refractivity contribution >= 4 is 37.3 Å². The van der Waals surface area contributed by atoms with Gasteiger partial charge in [0.15, 0.2) is 0 Å². The fraction of sp³-hybridized carbons (Fsp3) is 0.294. The van der Waals surface area contributed by atoms with Gasteiger partial charge in [-0.05, 0) is 55.3 Å². The second-order valence-electron chi connectivity index (χ2n) is 6.05. The summed E-state index contributed by atoms with van der Waals surface area (Å²) in [6.07, 6.45) is 2.75. The molecular formula is C17H19ClN2O4S2. The average molecular weight is 415 g/mol. The number of halogens is 1. The second-order valence-corrected chi connectivity index (χ2v) is 10.1. The second kappa shape index (κ2) is 7.56. The highest BCUT2D eigenvalue weighted by Gasteiger charge is 2.25. The van der Waals surface area contributed by atoms with Gasteiger partial charge in [0.25, 0.3) is 10.0 Å². The molecule has 6 nitrogen and oxygen atoms in total. The molecule has 3 rings (SSSR count). The van der Waals surface area contributed by atoms with Crippen LogP contribution in [0.1, 0.15) is 19.3 Å². The third-order valence-electron chi connectivity index (χ3n) is 4.17. The van der Waals surface area contributed by atoms with Crippen LogP contribution in [0.25, 0.3) is 0 Å². The van der Waals surface area contributed by atoms with Gasteiger partial charge in [-0.3, -0.25) is 4.72 Å². The van der Waals surface area contributed by atoms with Crippen molar-refractivity contribution in [3.63, 3.8) is 0 Å². The van der Waals surface area contributed by atoms with Gasteiger partial charge in [-0.2, -0.15) is 4.31 Å². The summed E-state index contributed by atoms with van der Waals surface area (Å²) in [6, 6.07) is 11.6. The van der Waals surface area contributed by atoms with Crippen LogP contribution >= 0.6 is 11.6 Å². The van der Waals surface area contributed by atoms with Crippen molar-refractivity contribution in [2.75, 3.05) is 17.8 Å². The highest BCUT2D eigenvalue weighted by Crippen LogP contribution is 2.24. The Balaban J connectivity index is 1.79. The topological polar surface area (TPSA) is 83.5 Å². The number of hydrogen-bond donors (Lipinski definition) is 1. The van der Waals surface area contributed by atoms with Crippen LogP contribution in [0.5, 0.6) is 0 Å². The number of hydrogen-bond acceptors (Lipinski definition) is 4. The summed E-state index contributed by atoms with van der Waals surface area (Å²) in [7, 11) is -7.34. The Hall–Kier alpha value is -1.61. The molecule has 2 aromatic carbocycles. The summed E-state index contributed by atoms with van der Waals surface area (Å²) < 4.78 is 53.9. The van der Waals surface area contributed by atoms with Gasteiger partial charge in [-0.25, -0.2) is 16.8 Å². The zero-order valence-electron chi connectivity index (χ0n) is 13.9. The predicted octanol–water partition coefficient (Wildman–Crippen LogP) is 3.32. The molecule has 0 bridgehead atoms. The number of nitrogens with zero attached hydrogens (tertiary/aromatic N) is 1. The van der Waals surface area contributed by atoms with Gasteiger partial charge in [0, 0.05) is 23.8 Å². The lowest BCUT2D eigenvalue weighted by atomic mass is 10.2. The number of benzene rings is 2. The highest BCUT2D eigenvalue weighted by molar-refractivity contribution is 7.92. The minimum absolute atomic E-state index is 0.0371. The monoisotopic (exact) mass is 414 g/mol. The minimum Gasteiger partial charge on any atom is -0.280 e. The molecule has 0 unspecified atom stereocenters. The van der Waals surface area contributed by atoms with E-state index in [0.717, 1.165) is 19.3 Å². The van der Waals surface area contributed by atoms with Gasteiger partial charge in [0.2, 0.25) is 10.0 Å². The Labute approximate surface area is 158 Å². The van der Waals surface area contributed by atoms with Crippen molar-refractivity contribution < 1.29 is 16.8 Å². The van der Waals surface area contributed by atoms with Gasteiger partial charge < -0.3 is 0 Å². The lowest BCUT2D eigenvalue weighted by Gasteiger charge is -2.25. The summed E-state index contributed by atoms with van der Waals surface area (Å²) >= 11 is 5.84. The van der Waals surface area contributed by atoms with Crippen LogP contribution < -0.4 is 4.72 Å². The maximum absolute atomic E-state index is 12.6. The van der Waals surface area contributed by atoms with E-state index in [1.807, 2.05) is 0 Å². The highest BCUT2D eigenvalue weighted by atomic mass is 35.5. The van der Waals surface area contributed by atoms with Gasteiger partial charge in [-0.1, -0.05) is 24.1 Å². The number of anilines is 1. The van der Waals surface area contributed by atoms with Crippen LogP contribution in [0.4, 0.5) is 5.69 Å². The molecule has 0 saturated carbocycles. The molecule has 0 aliphatic carbocycles. The van der Waals surface area contributed by atoms with Gasteiger partial charge in [0.1, 0.15) is 0 Å². The lowest BCUT2D eigenvalue weighted by Crippen LogP contribution is -2.35. The summed E-state index contributed by atoms with van der Waals surface area (Å²) in [4.78, 5) is 0.195. The van der Waals surface area contributed by atoms with E-state index in [1.54, 1.807) is 12.1 Å². The Morgan fingerprint density at radius 3 is 2.12 bits per heavy atom. The molecule has 0 amide bonds. The van der Waals surface area contributed by atoms with Crippen molar-refractivity contribution in [1.29, 1.82) is 0 Å². The summed E-state index contributed by atoms with van der Waals surface area (Å²) in [5, 5.41) is 0.316. The maximum atomic E-state index is 12.6. The molecule has 0 radical (unpaired) electrons. The van der Waals surface area contributed by atoms with E-state index in [1.165, 1.54) is 40.7 Å². The van der Waals surface area contributed by atoms with Crippen molar-refractivity contribution in [3.05, 3.63) is 53.6 Å². The standard InChI is InChI=1S/C17H19ClN2O4S2/c18-14-5-4-6-17(13-14)25(21,22)19-15-7-9-16(10-8-15)26(23,24)20-11-2-1-3-12-20/h4-10,13,19H,1-3,11-12H2. The number of piperidine rings is 1. The van der Waals surface area contributed by atoms with Crippen molar-refractivity contribution in [3.8, 4) is 0 Å². The number of nitrogens with one attached hydrogen (secondary N) is 1. The largest absolute Gasteiger partial charge is 0.280 e. The van der Waals surface area contributed by atoms with Crippen LogP contribution in [0.3, 0.4) is 0 Å². The van der Waals surface area contributed by atoms with E-state index in [-0.39, 0.29) is 15.5 Å². The fourth-order valence-electron chi connectivity index (χ4n) is 2.80. The zero-order chi connectivity index (χ0) is 18.8. The number of sulfonamides is 2. The van der Waals surface area contributed by atoms with Crippen molar-refractivity contribution in [2.45, 2.75) is 29.1 Å². The molecule has 1 aliphatic rings. The first-order valence-corrected chi connectivity index (χ1v) is 11.5. The van der Waals surface area contributed by atoms with E-state index in [9.17, 15) is 16.8 Å². The molecule has 0 aromatic heterocycles. The third-order valence-corrected chi connectivity index (χ3v) is 7.69. The maximum Gasteiger partial charge on any atom is 0.261 e. The Morgan fingerprint density at radius 1 is 0.846 bits per heavy atom. The van der Waals surface area contributed by atoms with E-state index in [4.69, 9.17) is 11.6 Å². The van der Waals surface area contributed by atoms with Gasteiger partial charge in [0.05, 0.1) is 9.79 Å². The molecule has 0 atom stereocenters. The van der Waals surface area contributed by atoms with Gasteiger partial charge in [-0.15, -0.1) is 0 Å². The summed E-state index contributed by atoms with van der Waals surface area (Å²) in [5.41, 5.74) is 0.280. The van der Waals surface area contributed by atoms with E-state index in [0.29, 0.717) is 18.1 Å². The summed E-state index contributed by atoms with van der Waals surface area (Å²) in [5.74, 6) is 0. The quantitative estimate of drug-likeness (QED) is 0.813. The molecule has 1 heterocycles. The molecule has 1 N–H and O–H groups in total. The Bertz CT molecular complexity index is 984. The average Bonchev–Trinajstić information content (AvgIpc) is 2.63. The first kappa shape index (κ1) is 19.2. The normalized spacial score (nSPS) is 16.3. The summed E-state index contributed by atoms with van der Waals surface area (Å²) in [6.45, 7) is 1.04. The van der Waals surface area contributed by atoms with Crippen molar-refractivity contribution in [1.82, 2.24) is 4.31 Å². The van der Waals surface area contributed by atoms with Crippen LogP contribution in [0.15, 0.2) is 58.3 Å². The Kier molecular flexibility index (Phi) is 5.57. The molecule has 0 spiro atoms. The van der Waals surface area contributed by atoms with Crippen LogP contribution in [0, 0.1) is 0 Å². The first-order valence-electron chi connectivity index (χ1n) is 8.18. The van der Waals surface area contributed by atoms with E-state index < -0.39 is 20.0 Å². The van der Waals surface area contributed by atoms with Crippen LogP contribution in [-0.4, -0.2) is 34.2 Å². The fourth-order valence-corrected chi connectivity index (χ4v) is 5.67.